The van der Waals surface area contributed by atoms with Crippen molar-refractivity contribution in [3.63, 3.8) is 0 Å². The molecule has 1 amide bonds. The Kier molecular flexibility index (Phi) is 11.2. The van der Waals surface area contributed by atoms with Gasteiger partial charge in [-0.1, -0.05) is 58.5 Å². The first-order valence-electron chi connectivity index (χ1n) is 12.4. The SMILES string of the molecule is CCOC(=O)CNCc1cc(C=NOC(C(=O)NCC2CCCCC2)c2cccc(Br)c2)ccc1N. The minimum atomic E-state index is -0.873. The van der Waals surface area contributed by atoms with Crippen molar-refractivity contribution in [1.29, 1.82) is 0 Å². The first-order valence-corrected chi connectivity index (χ1v) is 13.2. The van der Waals surface area contributed by atoms with Crippen molar-refractivity contribution in [2.24, 2.45) is 11.1 Å². The van der Waals surface area contributed by atoms with Crippen molar-refractivity contribution < 1.29 is 19.2 Å². The number of hydrogen-bond acceptors (Lipinski definition) is 7. The first kappa shape index (κ1) is 27.7. The molecule has 0 spiro atoms. The molecular formula is C27H35BrN4O4. The van der Waals surface area contributed by atoms with Crippen molar-refractivity contribution in [1.82, 2.24) is 10.6 Å². The van der Waals surface area contributed by atoms with Crippen LogP contribution in [-0.4, -0.2) is 37.8 Å². The number of halogens is 1. The summed E-state index contributed by atoms with van der Waals surface area (Å²) in [4.78, 5) is 30.3. The van der Waals surface area contributed by atoms with Crippen molar-refractivity contribution in [3.05, 3.63) is 63.6 Å². The lowest BCUT2D eigenvalue weighted by atomic mass is 9.89. The van der Waals surface area contributed by atoms with Crippen LogP contribution in [0.5, 0.6) is 0 Å². The van der Waals surface area contributed by atoms with E-state index in [0.29, 0.717) is 36.9 Å². The van der Waals surface area contributed by atoms with Crippen LogP contribution in [0.1, 0.15) is 61.8 Å². The summed E-state index contributed by atoms with van der Waals surface area (Å²) in [5.74, 6) is -0.0143. The number of anilines is 1. The van der Waals surface area contributed by atoms with Crippen LogP contribution in [-0.2, 0) is 25.7 Å². The van der Waals surface area contributed by atoms with Crippen LogP contribution in [0.3, 0.4) is 0 Å². The van der Waals surface area contributed by atoms with Gasteiger partial charge in [0.05, 0.1) is 19.4 Å². The number of carbonyl (C=O) groups excluding carboxylic acids is 2. The number of amides is 1. The molecule has 0 radical (unpaired) electrons. The molecule has 0 aliphatic heterocycles. The molecule has 1 saturated carbocycles. The lowest BCUT2D eigenvalue weighted by molar-refractivity contribution is -0.142. The van der Waals surface area contributed by atoms with Crippen molar-refractivity contribution in [2.45, 2.75) is 51.7 Å². The summed E-state index contributed by atoms with van der Waals surface area (Å²) in [5, 5.41) is 10.2. The molecule has 4 N–H and O–H groups in total. The number of benzene rings is 2. The molecule has 194 valence electrons. The van der Waals surface area contributed by atoms with Gasteiger partial charge in [-0.3, -0.25) is 9.59 Å². The average molecular weight is 560 g/mol. The zero-order valence-corrected chi connectivity index (χ0v) is 22.3. The third-order valence-corrected chi connectivity index (χ3v) is 6.60. The van der Waals surface area contributed by atoms with E-state index >= 15 is 0 Å². The normalized spacial score (nSPS) is 14.9. The summed E-state index contributed by atoms with van der Waals surface area (Å²) in [5.41, 5.74) is 8.96. The molecule has 0 bridgehead atoms. The Labute approximate surface area is 221 Å². The van der Waals surface area contributed by atoms with E-state index in [0.717, 1.165) is 28.4 Å². The minimum Gasteiger partial charge on any atom is -0.465 e. The highest BCUT2D eigenvalue weighted by Gasteiger charge is 2.24. The maximum atomic E-state index is 13.1. The summed E-state index contributed by atoms with van der Waals surface area (Å²) in [6.07, 6.45) is 6.69. The Bertz CT molecular complexity index is 1040. The second-order valence-corrected chi connectivity index (χ2v) is 9.81. The van der Waals surface area contributed by atoms with Crippen molar-refractivity contribution in [3.8, 4) is 0 Å². The molecule has 3 rings (SSSR count). The third kappa shape index (κ3) is 8.95. The van der Waals surface area contributed by atoms with E-state index in [-0.39, 0.29) is 18.4 Å². The highest BCUT2D eigenvalue weighted by molar-refractivity contribution is 9.10. The molecule has 0 heterocycles. The molecular weight excluding hydrogens is 524 g/mol. The fourth-order valence-electron chi connectivity index (χ4n) is 4.18. The maximum Gasteiger partial charge on any atom is 0.319 e. The van der Waals surface area contributed by atoms with E-state index in [1.165, 1.54) is 19.3 Å². The van der Waals surface area contributed by atoms with Crippen LogP contribution in [0.15, 0.2) is 52.1 Å². The van der Waals surface area contributed by atoms with Gasteiger partial charge in [-0.05, 0) is 61.1 Å². The number of nitrogens with zero attached hydrogens (tertiary/aromatic N) is 1. The zero-order valence-electron chi connectivity index (χ0n) is 20.7. The van der Waals surface area contributed by atoms with Crippen LogP contribution in [0.4, 0.5) is 5.69 Å². The Morgan fingerprint density at radius 2 is 2.00 bits per heavy atom. The summed E-state index contributed by atoms with van der Waals surface area (Å²) >= 11 is 3.47. The number of nitrogen functional groups attached to an aromatic ring is 1. The quantitative estimate of drug-likeness (QED) is 0.153. The number of ether oxygens (including phenoxy) is 1. The van der Waals surface area contributed by atoms with Gasteiger partial charge < -0.3 is 25.9 Å². The molecule has 1 unspecified atom stereocenters. The van der Waals surface area contributed by atoms with Gasteiger partial charge in [-0.15, -0.1) is 0 Å². The second-order valence-electron chi connectivity index (χ2n) is 8.89. The van der Waals surface area contributed by atoms with E-state index < -0.39 is 6.10 Å². The lowest BCUT2D eigenvalue weighted by Gasteiger charge is -2.23. The van der Waals surface area contributed by atoms with Crippen molar-refractivity contribution >= 4 is 39.7 Å². The van der Waals surface area contributed by atoms with Crippen molar-refractivity contribution in [2.75, 3.05) is 25.4 Å². The summed E-state index contributed by atoms with van der Waals surface area (Å²) in [7, 11) is 0. The van der Waals surface area contributed by atoms with Gasteiger partial charge in [-0.2, -0.15) is 0 Å². The van der Waals surface area contributed by atoms with E-state index in [9.17, 15) is 9.59 Å². The summed E-state index contributed by atoms with van der Waals surface area (Å²) in [6.45, 7) is 3.25. The topological polar surface area (TPSA) is 115 Å². The molecule has 0 saturated heterocycles. The monoisotopic (exact) mass is 558 g/mol. The predicted octanol–water partition coefficient (Wildman–Crippen LogP) is 4.47. The van der Waals surface area contributed by atoms with Gasteiger partial charge in [0.15, 0.2) is 0 Å². The van der Waals surface area contributed by atoms with Gasteiger partial charge in [0.2, 0.25) is 6.10 Å². The summed E-state index contributed by atoms with van der Waals surface area (Å²) < 4.78 is 5.78. The Morgan fingerprint density at radius 1 is 1.19 bits per heavy atom. The van der Waals surface area contributed by atoms with E-state index in [1.807, 2.05) is 36.4 Å². The molecule has 2 aromatic rings. The number of nitrogens with two attached hydrogens (primary N) is 1. The Balaban J connectivity index is 1.64. The number of nitrogens with one attached hydrogen (secondary N) is 2. The molecule has 9 heteroatoms. The minimum absolute atomic E-state index is 0.0962. The molecule has 1 aliphatic rings. The Morgan fingerprint density at radius 3 is 2.75 bits per heavy atom. The summed E-state index contributed by atoms with van der Waals surface area (Å²) in [6, 6.07) is 12.9. The van der Waals surface area contributed by atoms with Gasteiger partial charge in [-0.25, -0.2) is 0 Å². The molecule has 1 atom stereocenters. The Hall–Kier alpha value is -2.91. The van der Waals surface area contributed by atoms with Crippen LogP contribution >= 0.6 is 15.9 Å². The smallest absolute Gasteiger partial charge is 0.319 e. The molecule has 8 nitrogen and oxygen atoms in total. The van der Waals surface area contributed by atoms with E-state index in [4.69, 9.17) is 15.3 Å². The van der Waals surface area contributed by atoms with E-state index in [1.54, 1.807) is 19.2 Å². The number of rotatable bonds is 12. The molecule has 2 aromatic carbocycles. The highest BCUT2D eigenvalue weighted by Crippen LogP contribution is 2.25. The predicted molar refractivity (Wildman–Crippen MR) is 144 cm³/mol. The average Bonchev–Trinajstić information content (AvgIpc) is 2.87. The zero-order chi connectivity index (χ0) is 25.8. The van der Waals surface area contributed by atoms with Crippen LogP contribution in [0, 0.1) is 5.92 Å². The van der Waals surface area contributed by atoms with Gasteiger partial charge >= 0.3 is 5.97 Å². The standard InChI is InChI=1S/C27H35BrN4O4/c1-2-35-25(33)18-30-17-22-13-20(11-12-24(22)29)16-32-36-26(21-9-6-10-23(28)14-21)27(34)31-15-19-7-4-3-5-8-19/h6,9-14,16,19,26,30H,2-5,7-8,15,17-18,29H2,1H3,(H,31,34). The lowest BCUT2D eigenvalue weighted by Crippen LogP contribution is -2.34. The maximum absolute atomic E-state index is 13.1. The van der Waals surface area contributed by atoms with Gasteiger partial charge in [0, 0.05) is 28.8 Å². The number of hydrogen-bond donors (Lipinski definition) is 3. The first-order chi connectivity index (χ1) is 17.5. The number of oxime groups is 1. The third-order valence-electron chi connectivity index (χ3n) is 6.10. The fraction of sp³-hybridized carbons (Fsp3) is 0.444. The van der Waals surface area contributed by atoms with Gasteiger partial charge in [0.1, 0.15) is 0 Å². The van der Waals surface area contributed by atoms with Crippen LogP contribution in [0.2, 0.25) is 0 Å². The second kappa shape index (κ2) is 14.6. The van der Waals surface area contributed by atoms with Crippen LogP contribution < -0.4 is 16.4 Å². The van der Waals surface area contributed by atoms with Gasteiger partial charge in [0.25, 0.3) is 5.91 Å². The van der Waals surface area contributed by atoms with Crippen LogP contribution in [0.25, 0.3) is 0 Å². The largest absolute Gasteiger partial charge is 0.465 e. The number of carbonyl (C=O) groups is 2. The number of esters is 1. The fourth-order valence-corrected chi connectivity index (χ4v) is 4.60. The molecule has 1 fully saturated rings. The molecule has 36 heavy (non-hydrogen) atoms. The highest BCUT2D eigenvalue weighted by atomic mass is 79.9. The van der Waals surface area contributed by atoms with E-state index in [2.05, 4.69) is 31.7 Å². The molecule has 0 aromatic heterocycles. The molecule has 1 aliphatic carbocycles.